The van der Waals surface area contributed by atoms with Crippen LogP contribution in [0, 0.1) is 11.3 Å². The summed E-state index contributed by atoms with van der Waals surface area (Å²) in [6, 6.07) is 22.5. The highest BCUT2D eigenvalue weighted by molar-refractivity contribution is 6.34. The Hall–Kier alpha value is -5.33. The molecule has 40 heavy (non-hydrogen) atoms. The maximum Gasteiger partial charge on any atom is 0.379 e. The van der Waals surface area contributed by atoms with Gasteiger partial charge in [-0.05, 0) is 55.0 Å². The molecule has 0 atom stereocenters. The molecule has 0 aliphatic heterocycles. The van der Waals surface area contributed by atoms with Crippen molar-refractivity contribution in [1.29, 1.82) is 5.26 Å². The van der Waals surface area contributed by atoms with Gasteiger partial charge in [-0.15, -0.1) is 0 Å². The van der Waals surface area contributed by atoms with E-state index >= 15 is 0 Å². The van der Waals surface area contributed by atoms with E-state index in [0.29, 0.717) is 50.5 Å². The smallest absolute Gasteiger partial charge is 0.379 e. The van der Waals surface area contributed by atoms with Crippen LogP contribution in [-0.4, -0.2) is 29.7 Å². The molecule has 3 aromatic carbocycles. The minimum absolute atomic E-state index is 0.0610. The third kappa shape index (κ3) is 5.29. The lowest BCUT2D eigenvalue weighted by atomic mass is 10.0. The Morgan fingerprint density at radius 1 is 1.10 bits per heavy atom. The van der Waals surface area contributed by atoms with Gasteiger partial charge in [0.1, 0.15) is 11.8 Å². The second-order valence-corrected chi connectivity index (χ2v) is 8.81. The van der Waals surface area contributed by atoms with Crippen molar-refractivity contribution in [2.75, 3.05) is 6.61 Å². The van der Waals surface area contributed by atoms with Crippen LogP contribution in [0.5, 0.6) is 11.5 Å². The number of amides is 1. The average Bonchev–Trinajstić information content (AvgIpc) is 3.63. The largest absolute Gasteiger partial charge is 0.490 e. The topological polar surface area (TPSA) is 130 Å². The molecule has 0 aliphatic rings. The minimum Gasteiger partial charge on any atom is -0.490 e. The summed E-state index contributed by atoms with van der Waals surface area (Å²) in [6.07, 6.45) is 2.81. The number of nitrogens with one attached hydrogen (secondary N) is 2. The number of fused-ring (bicyclic) bond motifs is 1. The first-order chi connectivity index (χ1) is 19.5. The molecule has 0 spiro atoms. The van der Waals surface area contributed by atoms with Crippen LogP contribution in [0.15, 0.2) is 88.6 Å². The normalized spacial score (nSPS) is 10.9. The van der Waals surface area contributed by atoms with Gasteiger partial charge in [0.15, 0.2) is 11.5 Å². The Morgan fingerprint density at radius 2 is 1.95 bits per heavy atom. The lowest BCUT2D eigenvalue weighted by Gasteiger charge is -2.10. The molecule has 5 aromatic rings. The van der Waals surface area contributed by atoms with E-state index in [0.717, 1.165) is 0 Å². The number of H-pyrrole nitrogens is 1. The monoisotopic (exact) mass is 552 g/mol. The summed E-state index contributed by atoms with van der Waals surface area (Å²) < 4.78 is 16.1. The van der Waals surface area contributed by atoms with Gasteiger partial charge in [0.05, 0.1) is 30.2 Å². The summed E-state index contributed by atoms with van der Waals surface area (Å²) in [5, 5.41) is 14.8. The molecule has 5 rings (SSSR count). The first kappa shape index (κ1) is 26.3. The van der Waals surface area contributed by atoms with Crippen LogP contribution < -0.4 is 14.9 Å². The van der Waals surface area contributed by atoms with E-state index in [9.17, 15) is 14.9 Å². The van der Waals surface area contributed by atoms with Crippen LogP contribution in [0.3, 0.4) is 0 Å². The van der Waals surface area contributed by atoms with Crippen molar-refractivity contribution in [3.8, 4) is 28.7 Å². The summed E-state index contributed by atoms with van der Waals surface area (Å²) in [6.45, 7) is 2.13. The highest BCUT2D eigenvalue weighted by Crippen LogP contribution is 2.37. The second kappa shape index (κ2) is 11.6. The number of hydrogen-bond donors (Lipinski definition) is 2. The first-order valence-corrected chi connectivity index (χ1v) is 12.5. The van der Waals surface area contributed by atoms with Gasteiger partial charge in [0.2, 0.25) is 5.76 Å². The lowest BCUT2D eigenvalue weighted by Crippen LogP contribution is -2.19. The number of carbonyl (C=O) groups is 2. The lowest BCUT2D eigenvalue weighted by molar-refractivity contribution is 0.0695. The molecule has 2 N–H and O–H groups in total. The highest BCUT2D eigenvalue weighted by Gasteiger charge is 2.22. The van der Waals surface area contributed by atoms with E-state index in [1.807, 2.05) is 12.1 Å². The molecule has 198 valence electrons. The minimum atomic E-state index is -0.660. The highest BCUT2D eigenvalue weighted by atomic mass is 35.5. The van der Waals surface area contributed by atoms with Crippen molar-refractivity contribution in [2.45, 2.75) is 6.92 Å². The predicted molar refractivity (Wildman–Crippen MR) is 150 cm³/mol. The van der Waals surface area contributed by atoms with Gasteiger partial charge >= 0.3 is 5.97 Å². The van der Waals surface area contributed by atoms with E-state index in [1.54, 1.807) is 61.5 Å². The summed E-state index contributed by atoms with van der Waals surface area (Å²) in [5.41, 5.74) is 5.43. The van der Waals surface area contributed by atoms with Crippen molar-refractivity contribution >= 4 is 40.6 Å². The van der Waals surface area contributed by atoms with Crippen molar-refractivity contribution in [1.82, 2.24) is 10.4 Å². The Morgan fingerprint density at radius 3 is 2.70 bits per heavy atom. The van der Waals surface area contributed by atoms with E-state index in [1.165, 1.54) is 18.5 Å². The summed E-state index contributed by atoms with van der Waals surface area (Å²) >= 11 is 6.48. The Labute approximate surface area is 233 Å². The quantitative estimate of drug-likeness (QED) is 0.100. The maximum absolute atomic E-state index is 13.3. The molecule has 2 heterocycles. The average molecular weight is 553 g/mol. The molecule has 2 aromatic heterocycles. The number of para-hydroxylation sites is 1. The van der Waals surface area contributed by atoms with Gasteiger partial charge in [0, 0.05) is 21.5 Å². The molecular formula is C30H21ClN4O5. The van der Waals surface area contributed by atoms with Gasteiger partial charge in [-0.1, -0.05) is 41.9 Å². The maximum atomic E-state index is 13.3. The summed E-state index contributed by atoms with van der Waals surface area (Å²) in [7, 11) is 0. The third-order valence-corrected chi connectivity index (χ3v) is 6.23. The first-order valence-electron chi connectivity index (χ1n) is 12.2. The standard InChI is InChI=1S/C30H21ClN4O5/c1-2-38-25-15-18(12-13-23(25)40-30(37)24-11-6-14-39-24)17-33-35-29(36)28-26(20-8-3-4-10-22(20)31)21-9-5-7-19(16-32)27(21)34-28/h3-15,17,34H,2H2,1H3,(H,35,36). The molecule has 0 radical (unpaired) electrons. The zero-order chi connectivity index (χ0) is 28.1. The number of esters is 1. The number of hydrogen-bond acceptors (Lipinski definition) is 7. The number of benzene rings is 3. The van der Waals surface area contributed by atoms with Gasteiger partial charge < -0.3 is 18.9 Å². The predicted octanol–water partition coefficient (Wildman–Crippen LogP) is 6.33. The number of aromatic amines is 1. The van der Waals surface area contributed by atoms with E-state index in [4.69, 9.17) is 25.5 Å². The van der Waals surface area contributed by atoms with Crippen LogP contribution >= 0.6 is 11.6 Å². The number of nitrogens with zero attached hydrogens (tertiary/aromatic N) is 2. The van der Waals surface area contributed by atoms with E-state index in [-0.39, 0.29) is 17.2 Å². The SMILES string of the molecule is CCOc1cc(C=NNC(=O)c2[nH]c3c(C#N)cccc3c2-c2ccccc2Cl)ccc1OC(=O)c1ccco1. The molecule has 1 amide bonds. The fourth-order valence-electron chi connectivity index (χ4n) is 4.15. The Bertz CT molecular complexity index is 1780. The van der Waals surface area contributed by atoms with Crippen molar-refractivity contribution in [3.63, 3.8) is 0 Å². The molecule has 0 saturated heterocycles. The Kier molecular flexibility index (Phi) is 7.62. The van der Waals surface area contributed by atoms with Crippen LogP contribution in [-0.2, 0) is 0 Å². The number of aromatic nitrogens is 1. The zero-order valence-corrected chi connectivity index (χ0v) is 21.9. The molecule has 0 saturated carbocycles. The molecular weight excluding hydrogens is 532 g/mol. The van der Waals surface area contributed by atoms with Crippen LogP contribution in [0.1, 0.15) is 39.1 Å². The molecule has 0 fully saturated rings. The molecule has 0 unspecified atom stereocenters. The molecule has 9 nitrogen and oxygen atoms in total. The summed E-state index contributed by atoms with van der Waals surface area (Å²) in [5.74, 6) is -0.600. The second-order valence-electron chi connectivity index (χ2n) is 8.40. The summed E-state index contributed by atoms with van der Waals surface area (Å²) in [4.78, 5) is 28.7. The van der Waals surface area contributed by atoms with Crippen LogP contribution in [0.25, 0.3) is 22.0 Å². The van der Waals surface area contributed by atoms with Crippen molar-refractivity contribution in [2.24, 2.45) is 5.10 Å². The van der Waals surface area contributed by atoms with E-state index < -0.39 is 11.9 Å². The number of ether oxygens (including phenoxy) is 2. The van der Waals surface area contributed by atoms with Gasteiger partial charge in [-0.25, -0.2) is 10.2 Å². The number of furan rings is 1. The zero-order valence-electron chi connectivity index (χ0n) is 21.1. The molecule has 0 bridgehead atoms. The number of rotatable bonds is 8. The number of halogens is 1. The van der Waals surface area contributed by atoms with Crippen LogP contribution in [0.4, 0.5) is 0 Å². The fraction of sp³-hybridized carbons (Fsp3) is 0.0667. The number of nitriles is 1. The Balaban J connectivity index is 1.41. The van der Waals surface area contributed by atoms with Crippen LogP contribution in [0.2, 0.25) is 5.02 Å². The van der Waals surface area contributed by atoms with E-state index in [2.05, 4.69) is 21.6 Å². The van der Waals surface area contributed by atoms with Crippen molar-refractivity contribution < 1.29 is 23.5 Å². The van der Waals surface area contributed by atoms with Gasteiger partial charge in [0.25, 0.3) is 5.91 Å². The molecule has 0 aliphatic carbocycles. The fourth-order valence-corrected chi connectivity index (χ4v) is 4.38. The number of hydrazone groups is 1. The van der Waals surface area contributed by atoms with Gasteiger partial charge in [-0.2, -0.15) is 10.4 Å². The third-order valence-electron chi connectivity index (χ3n) is 5.90. The molecule has 10 heteroatoms. The van der Waals surface area contributed by atoms with Gasteiger partial charge in [-0.3, -0.25) is 4.79 Å². The van der Waals surface area contributed by atoms with Crippen molar-refractivity contribution in [3.05, 3.63) is 107 Å². The number of carbonyl (C=O) groups excluding carboxylic acids is 2.